The number of carbonyl (C=O) groups excluding carboxylic acids is 9. The predicted molar refractivity (Wildman–Crippen MR) is 169 cm³/mol. The van der Waals surface area contributed by atoms with Crippen LogP contribution < -0.4 is 59.7 Å². The van der Waals surface area contributed by atoms with Gasteiger partial charge in [0.15, 0.2) is 0 Å². The molecule has 0 aromatic heterocycles. The molecule has 0 unspecified atom stereocenters. The average Bonchev–Trinajstić information content (AvgIpc) is 3.04. The predicted octanol–water partition coefficient (Wildman–Crippen LogP) is -7.13. The Balaban J connectivity index is 4.65. The lowest BCUT2D eigenvalue weighted by Crippen LogP contribution is -2.52. The Labute approximate surface area is 281 Å². The summed E-state index contributed by atoms with van der Waals surface area (Å²) in [5.41, 5.74) is 15.8. The second-order valence-corrected chi connectivity index (χ2v) is 10.6. The molecule has 0 saturated heterocycles. The summed E-state index contributed by atoms with van der Waals surface area (Å²) in [5.74, 6) is -7.47. The van der Waals surface area contributed by atoms with Crippen molar-refractivity contribution in [3.63, 3.8) is 0 Å². The first kappa shape index (κ1) is 43.6. The summed E-state index contributed by atoms with van der Waals surface area (Å²) in [6.07, 6.45) is 0.134. The van der Waals surface area contributed by atoms with Crippen LogP contribution in [-0.2, 0) is 47.9 Å². The topological polar surface area (TPSA) is 365 Å². The average molecular weight is 702 g/mol. The van der Waals surface area contributed by atoms with Crippen LogP contribution in [0.2, 0.25) is 0 Å². The molecule has 0 fully saturated rings. The van der Waals surface area contributed by atoms with Gasteiger partial charge in [-0.15, -0.1) is 0 Å². The molecule has 15 N–H and O–H groups in total. The van der Waals surface area contributed by atoms with E-state index in [4.69, 9.17) is 22.3 Å². The Morgan fingerprint density at radius 2 is 1.08 bits per heavy atom. The van der Waals surface area contributed by atoms with Crippen molar-refractivity contribution in [3.8, 4) is 0 Å². The fourth-order valence-electron chi connectivity index (χ4n) is 3.51. The summed E-state index contributed by atoms with van der Waals surface area (Å²) >= 11 is 0. The van der Waals surface area contributed by atoms with E-state index in [0.717, 1.165) is 0 Å². The molecule has 9 amide bonds. The molecule has 0 spiro atoms. The summed E-state index contributed by atoms with van der Waals surface area (Å²) in [4.78, 5) is 118. The molecule has 0 aliphatic rings. The SMILES string of the molecule is C[C@H](N)C(=O)N[C@H](CCC(=O)N[C@@H](CCCCNC(=O)CNC(=O)CNC(=O)CNC(=O)CNC(=O)CN)C(=O)N[C@H](C)C(=O)O)C(N)=O. The zero-order valence-corrected chi connectivity index (χ0v) is 27.3. The first-order chi connectivity index (χ1) is 23.0. The minimum absolute atomic E-state index is 0.0413. The van der Waals surface area contributed by atoms with Crippen LogP contribution in [0.3, 0.4) is 0 Å². The molecule has 0 aromatic rings. The molecule has 0 aliphatic carbocycles. The number of carboxylic acid groups (broad SMARTS) is 1. The summed E-state index contributed by atoms with van der Waals surface area (Å²) in [5, 5.41) is 27.7. The maximum atomic E-state index is 12.7. The zero-order valence-electron chi connectivity index (χ0n) is 27.3. The zero-order chi connectivity index (χ0) is 37.5. The highest BCUT2D eigenvalue weighted by Crippen LogP contribution is 2.05. The van der Waals surface area contributed by atoms with Crippen LogP contribution in [0, 0.1) is 0 Å². The van der Waals surface area contributed by atoms with Gasteiger partial charge in [0.05, 0.1) is 38.8 Å². The van der Waals surface area contributed by atoms with E-state index in [1.54, 1.807) is 0 Å². The van der Waals surface area contributed by atoms with Gasteiger partial charge in [0, 0.05) is 13.0 Å². The minimum atomic E-state index is -1.31. The molecule has 0 rings (SSSR count). The first-order valence-corrected chi connectivity index (χ1v) is 15.2. The van der Waals surface area contributed by atoms with E-state index >= 15 is 0 Å². The van der Waals surface area contributed by atoms with Crippen molar-refractivity contribution >= 4 is 59.1 Å². The highest BCUT2D eigenvalue weighted by atomic mass is 16.4. The molecule has 22 nitrogen and oxygen atoms in total. The molecule has 276 valence electrons. The standard InChI is InChI=1S/C27H47N11O11/c1-14(29)25(46)38-16(24(30)45)6-7-18(39)37-17(26(47)36-15(2)27(48)49)5-3-4-8-31-20(41)10-33-22(43)12-35-23(44)13-34-21(42)11-32-19(40)9-28/h14-17H,3-13,28-29H2,1-2H3,(H2,30,45)(H,31,41)(H,32,40)(H,33,43)(H,34,42)(H,35,44)(H,36,47)(H,37,39)(H,38,46)(H,48,49)/t14-,15+,16+,17-/m0/s1. The number of hydrogen-bond donors (Lipinski definition) is 12. The number of aliphatic carboxylic acids is 1. The smallest absolute Gasteiger partial charge is 0.325 e. The fourth-order valence-corrected chi connectivity index (χ4v) is 3.51. The number of rotatable bonds is 24. The lowest BCUT2D eigenvalue weighted by molar-refractivity contribution is -0.141. The molecule has 0 saturated carbocycles. The van der Waals surface area contributed by atoms with E-state index in [0.29, 0.717) is 6.42 Å². The van der Waals surface area contributed by atoms with Crippen molar-refractivity contribution < 1.29 is 53.1 Å². The largest absolute Gasteiger partial charge is 0.480 e. The van der Waals surface area contributed by atoms with Gasteiger partial charge in [-0.1, -0.05) is 0 Å². The molecule has 0 aliphatic heterocycles. The summed E-state index contributed by atoms with van der Waals surface area (Å²) in [6.45, 7) is 0.699. The highest BCUT2D eigenvalue weighted by molar-refractivity contribution is 5.92. The molecule has 0 bridgehead atoms. The number of nitrogens with two attached hydrogens (primary N) is 3. The van der Waals surface area contributed by atoms with E-state index < -0.39 is 103 Å². The van der Waals surface area contributed by atoms with E-state index in [1.165, 1.54) is 13.8 Å². The summed E-state index contributed by atoms with van der Waals surface area (Å²) in [7, 11) is 0. The molecular formula is C27H47N11O11. The van der Waals surface area contributed by atoms with Gasteiger partial charge in [-0.25, -0.2) is 0 Å². The maximum Gasteiger partial charge on any atom is 0.325 e. The van der Waals surface area contributed by atoms with Gasteiger partial charge >= 0.3 is 5.97 Å². The molecule has 4 atom stereocenters. The van der Waals surface area contributed by atoms with Crippen molar-refractivity contribution in [2.45, 2.75) is 70.1 Å². The van der Waals surface area contributed by atoms with Gasteiger partial charge < -0.3 is 64.8 Å². The number of hydrogen-bond acceptors (Lipinski definition) is 12. The molecule has 22 heteroatoms. The van der Waals surface area contributed by atoms with Crippen molar-refractivity contribution in [1.82, 2.24) is 42.5 Å². The minimum Gasteiger partial charge on any atom is -0.480 e. The maximum absolute atomic E-state index is 12.7. The molecule has 0 radical (unpaired) electrons. The fraction of sp³-hybridized carbons (Fsp3) is 0.630. The molecule has 0 aromatic carbocycles. The van der Waals surface area contributed by atoms with Crippen molar-refractivity contribution in [2.24, 2.45) is 17.2 Å². The van der Waals surface area contributed by atoms with E-state index in [-0.39, 0.29) is 45.3 Å². The second-order valence-electron chi connectivity index (χ2n) is 10.6. The van der Waals surface area contributed by atoms with E-state index in [9.17, 15) is 47.9 Å². The Morgan fingerprint density at radius 3 is 1.53 bits per heavy atom. The Morgan fingerprint density at radius 1 is 0.592 bits per heavy atom. The number of nitrogens with one attached hydrogen (secondary N) is 8. The van der Waals surface area contributed by atoms with Crippen LogP contribution in [0.4, 0.5) is 0 Å². The first-order valence-electron chi connectivity index (χ1n) is 15.2. The summed E-state index contributed by atoms with van der Waals surface area (Å²) in [6, 6.07) is -4.55. The van der Waals surface area contributed by atoms with Gasteiger partial charge in [0.1, 0.15) is 18.1 Å². The Bertz CT molecular complexity index is 1210. The van der Waals surface area contributed by atoms with Crippen LogP contribution in [0.1, 0.15) is 46.0 Å². The monoisotopic (exact) mass is 701 g/mol. The normalized spacial score (nSPS) is 12.8. The van der Waals surface area contributed by atoms with E-state index in [2.05, 4.69) is 42.5 Å². The number of carbonyl (C=O) groups is 10. The van der Waals surface area contributed by atoms with Gasteiger partial charge in [-0.3, -0.25) is 47.9 Å². The van der Waals surface area contributed by atoms with Gasteiger partial charge in [-0.2, -0.15) is 0 Å². The third-order valence-corrected chi connectivity index (χ3v) is 6.33. The number of carboxylic acids is 1. The number of primary amides is 1. The second kappa shape index (κ2) is 23.9. The number of unbranched alkanes of at least 4 members (excludes halogenated alkanes) is 1. The van der Waals surface area contributed by atoms with Gasteiger partial charge in [0.25, 0.3) is 0 Å². The van der Waals surface area contributed by atoms with Crippen molar-refractivity contribution in [1.29, 1.82) is 0 Å². The van der Waals surface area contributed by atoms with E-state index in [1.807, 2.05) is 0 Å². The molecule has 0 heterocycles. The van der Waals surface area contributed by atoms with Crippen LogP contribution in [0.25, 0.3) is 0 Å². The lowest BCUT2D eigenvalue weighted by atomic mass is 10.1. The third-order valence-electron chi connectivity index (χ3n) is 6.33. The van der Waals surface area contributed by atoms with Crippen molar-refractivity contribution in [3.05, 3.63) is 0 Å². The number of amides is 9. The van der Waals surface area contributed by atoms with Crippen LogP contribution in [0.5, 0.6) is 0 Å². The van der Waals surface area contributed by atoms with Crippen LogP contribution in [0.15, 0.2) is 0 Å². The van der Waals surface area contributed by atoms with Crippen LogP contribution in [-0.4, -0.2) is 128 Å². The molecular weight excluding hydrogens is 654 g/mol. The highest BCUT2D eigenvalue weighted by Gasteiger charge is 2.26. The Kier molecular flexibility index (Phi) is 21.2. The van der Waals surface area contributed by atoms with Gasteiger partial charge in [-0.05, 0) is 39.5 Å². The van der Waals surface area contributed by atoms with Crippen molar-refractivity contribution in [2.75, 3.05) is 39.3 Å². The molecule has 49 heavy (non-hydrogen) atoms. The van der Waals surface area contributed by atoms with Gasteiger partial charge in [0.2, 0.25) is 53.2 Å². The quantitative estimate of drug-likeness (QED) is 0.0417. The lowest BCUT2D eigenvalue weighted by Gasteiger charge is -2.21. The summed E-state index contributed by atoms with van der Waals surface area (Å²) < 4.78 is 0. The van der Waals surface area contributed by atoms with Crippen LogP contribution >= 0.6 is 0 Å². The Hall–Kier alpha value is -5.38. The third kappa shape index (κ3) is 21.2.